The first kappa shape index (κ1) is 26.2. The summed E-state index contributed by atoms with van der Waals surface area (Å²) < 4.78 is 13.7. The predicted octanol–water partition coefficient (Wildman–Crippen LogP) is 4.69. The van der Waals surface area contributed by atoms with Gasteiger partial charge >= 0.3 is 0 Å². The fourth-order valence-corrected chi connectivity index (χ4v) is 5.71. The third kappa shape index (κ3) is 5.50. The summed E-state index contributed by atoms with van der Waals surface area (Å²) in [6.07, 6.45) is 5.76. The van der Waals surface area contributed by atoms with E-state index in [4.69, 9.17) is 14.5 Å². The average Bonchev–Trinajstić information content (AvgIpc) is 3.52. The van der Waals surface area contributed by atoms with Crippen molar-refractivity contribution >= 4 is 5.95 Å². The molecule has 40 heavy (non-hydrogen) atoms. The van der Waals surface area contributed by atoms with Crippen LogP contribution in [0.5, 0.6) is 5.75 Å². The molecule has 0 spiro atoms. The van der Waals surface area contributed by atoms with Gasteiger partial charge in [-0.15, -0.1) is 0 Å². The second-order valence-electron chi connectivity index (χ2n) is 10.5. The van der Waals surface area contributed by atoms with Gasteiger partial charge in [0.1, 0.15) is 11.9 Å². The first-order valence-corrected chi connectivity index (χ1v) is 13.9. The maximum absolute atomic E-state index is 12.9. The summed E-state index contributed by atoms with van der Waals surface area (Å²) in [5, 5.41) is 0. The zero-order chi connectivity index (χ0) is 27.5. The Morgan fingerprint density at radius 1 is 0.950 bits per heavy atom. The third-order valence-corrected chi connectivity index (χ3v) is 7.88. The first-order chi connectivity index (χ1) is 19.6. The lowest BCUT2D eigenvalue weighted by atomic mass is 9.97. The molecule has 1 unspecified atom stereocenters. The van der Waals surface area contributed by atoms with E-state index < -0.39 is 0 Å². The quantitative estimate of drug-likeness (QED) is 0.339. The number of morpholine rings is 1. The zero-order valence-electron chi connectivity index (χ0n) is 23.1. The number of rotatable bonds is 7. The third-order valence-electron chi connectivity index (χ3n) is 7.88. The van der Waals surface area contributed by atoms with Gasteiger partial charge in [0.15, 0.2) is 0 Å². The molecule has 0 N–H and O–H groups in total. The molecule has 2 fully saturated rings. The Kier molecular flexibility index (Phi) is 7.62. The second kappa shape index (κ2) is 11.6. The van der Waals surface area contributed by atoms with Crippen molar-refractivity contribution in [2.75, 3.05) is 44.8 Å². The summed E-state index contributed by atoms with van der Waals surface area (Å²) in [7, 11) is 3.46. The highest BCUT2D eigenvalue weighted by molar-refractivity contribution is 5.67. The highest BCUT2D eigenvalue weighted by atomic mass is 16.5. The Morgan fingerprint density at radius 2 is 1.75 bits per heavy atom. The van der Waals surface area contributed by atoms with Crippen molar-refractivity contribution in [2.24, 2.45) is 7.05 Å². The Bertz CT molecular complexity index is 1530. The van der Waals surface area contributed by atoms with Crippen LogP contribution in [-0.4, -0.2) is 59.3 Å². The minimum absolute atomic E-state index is 0.103. The number of nitrogens with zero attached hydrogens (tertiary/aromatic N) is 5. The molecule has 2 aromatic heterocycles. The molecule has 0 radical (unpaired) electrons. The van der Waals surface area contributed by atoms with Gasteiger partial charge < -0.3 is 14.4 Å². The van der Waals surface area contributed by atoms with Crippen molar-refractivity contribution in [3.05, 3.63) is 94.5 Å². The number of likely N-dealkylation sites (tertiary alicyclic amines) is 1. The fraction of sp³-hybridized carbons (Fsp3) is 0.344. The van der Waals surface area contributed by atoms with Gasteiger partial charge in [0, 0.05) is 49.7 Å². The van der Waals surface area contributed by atoms with Crippen molar-refractivity contribution < 1.29 is 9.47 Å². The van der Waals surface area contributed by atoms with Gasteiger partial charge in [-0.3, -0.25) is 19.2 Å². The Labute approximate surface area is 234 Å². The minimum atomic E-state index is -0.238. The summed E-state index contributed by atoms with van der Waals surface area (Å²) in [5.41, 5.74) is 6.03. The molecule has 0 bridgehead atoms. The van der Waals surface area contributed by atoms with E-state index >= 15 is 0 Å². The molecule has 6 rings (SSSR count). The van der Waals surface area contributed by atoms with E-state index in [2.05, 4.69) is 51.2 Å². The fourth-order valence-electron chi connectivity index (χ4n) is 5.71. The summed E-state index contributed by atoms with van der Waals surface area (Å²) in [4.78, 5) is 26.5. The van der Waals surface area contributed by atoms with Crippen molar-refractivity contribution in [3.63, 3.8) is 0 Å². The highest BCUT2D eigenvalue weighted by Gasteiger charge is 2.28. The van der Waals surface area contributed by atoms with E-state index in [0.717, 1.165) is 29.0 Å². The lowest BCUT2D eigenvalue weighted by Crippen LogP contribution is -2.41. The largest absolute Gasteiger partial charge is 0.496 e. The number of hydrogen-bond donors (Lipinski definition) is 0. The predicted molar refractivity (Wildman–Crippen MR) is 157 cm³/mol. The number of benzene rings is 2. The van der Waals surface area contributed by atoms with E-state index in [1.807, 2.05) is 18.2 Å². The van der Waals surface area contributed by atoms with Crippen LogP contribution in [0.4, 0.5) is 5.95 Å². The Morgan fingerprint density at radius 3 is 2.55 bits per heavy atom. The zero-order valence-corrected chi connectivity index (χ0v) is 23.1. The van der Waals surface area contributed by atoms with Crippen molar-refractivity contribution in [3.8, 4) is 28.1 Å². The smallest absolute Gasteiger partial charge is 0.255 e. The number of pyridine rings is 1. The SMILES string of the molecule is COc1ccc(-c2cccc(CN3CCCC3)c2)cc1C1CN(c2nc(-c3ccncc3)cc(=O)n2C)CCO1. The van der Waals surface area contributed by atoms with E-state index in [9.17, 15) is 4.79 Å². The molecule has 2 saturated heterocycles. The van der Waals surface area contributed by atoms with Gasteiger partial charge in [0.2, 0.25) is 5.95 Å². The molecular weight excluding hydrogens is 502 g/mol. The Balaban J connectivity index is 1.29. The maximum Gasteiger partial charge on any atom is 0.255 e. The van der Waals surface area contributed by atoms with Crippen LogP contribution < -0.4 is 15.2 Å². The van der Waals surface area contributed by atoms with Crippen LogP contribution in [-0.2, 0) is 18.3 Å². The molecule has 2 aliphatic heterocycles. The van der Waals surface area contributed by atoms with E-state index in [0.29, 0.717) is 31.3 Å². The molecule has 1 atom stereocenters. The molecule has 0 amide bonds. The van der Waals surface area contributed by atoms with Gasteiger partial charge in [-0.05, 0) is 73.0 Å². The molecule has 8 nitrogen and oxygen atoms in total. The van der Waals surface area contributed by atoms with Gasteiger partial charge in [0.05, 0.1) is 26.0 Å². The number of anilines is 1. The monoisotopic (exact) mass is 537 g/mol. The highest BCUT2D eigenvalue weighted by Crippen LogP contribution is 2.35. The van der Waals surface area contributed by atoms with Crippen molar-refractivity contribution in [1.29, 1.82) is 0 Å². The molecule has 2 aromatic carbocycles. The lowest BCUT2D eigenvalue weighted by molar-refractivity contribution is 0.0375. The molecule has 0 saturated carbocycles. The van der Waals surface area contributed by atoms with Crippen LogP contribution in [0.1, 0.15) is 30.1 Å². The normalized spacial score (nSPS) is 17.8. The number of ether oxygens (including phenoxy) is 2. The van der Waals surface area contributed by atoms with Crippen LogP contribution in [0.25, 0.3) is 22.4 Å². The summed E-state index contributed by atoms with van der Waals surface area (Å²) in [6, 6.07) is 20.4. The Hall–Kier alpha value is -4.01. The maximum atomic E-state index is 12.9. The molecule has 206 valence electrons. The van der Waals surface area contributed by atoms with Gasteiger partial charge in [-0.1, -0.05) is 24.3 Å². The average molecular weight is 538 g/mol. The summed E-state index contributed by atoms with van der Waals surface area (Å²) in [6.45, 7) is 5.04. The summed E-state index contributed by atoms with van der Waals surface area (Å²) >= 11 is 0. The molecule has 2 aliphatic rings. The molecule has 4 aromatic rings. The van der Waals surface area contributed by atoms with Gasteiger partial charge in [-0.25, -0.2) is 4.98 Å². The van der Waals surface area contributed by atoms with E-state index in [1.54, 1.807) is 37.2 Å². The molecule has 4 heterocycles. The van der Waals surface area contributed by atoms with E-state index in [-0.39, 0.29) is 11.7 Å². The van der Waals surface area contributed by atoms with Crippen LogP contribution in [0.15, 0.2) is 77.9 Å². The van der Waals surface area contributed by atoms with Crippen LogP contribution >= 0.6 is 0 Å². The number of hydrogen-bond acceptors (Lipinski definition) is 7. The molecule has 8 heteroatoms. The van der Waals surface area contributed by atoms with Crippen LogP contribution in [0, 0.1) is 0 Å². The van der Waals surface area contributed by atoms with Crippen molar-refractivity contribution in [1.82, 2.24) is 19.4 Å². The summed E-state index contributed by atoms with van der Waals surface area (Å²) in [5.74, 6) is 1.41. The van der Waals surface area contributed by atoms with Gasteiger partial charge in [0.25, 0.3) is 5.56 Å². The van der Waals surface area contributed by atoms with Crippen LogP contribution in [0.3, 0.4) is 0 Å². The first-order valence-electron chi connectivity index (χ1n) is 13.9. The lowest BCUT2D eigenvalue weighted by Gasteiger charge is -2.35. The second-order valence-corrected chi connectivity index (χ2v) is 10.5. The molecule has 0 aliphatic carbocycles. The molecular formula is C32H35N5O3. The van der Waals surface area contributed by atoms with Crippen molar-refractivity contribution in [2.45, 2.75) is 25.5 Å². The van der Waals surface area contributed by atoms with Gasteiger partial charge in [-0.2, -0.15) is 0 Å². The standard InChI is InChI=1S/C32H35N5O3/c1-35-31(38)20-28(24-10-12-33-13-11-24)34-32(35)37-16-17-40-30(22-37)27-19-26(8-9-29(27)39-2)25-7-5-6-23(18-25)21-36-14-3-4-15-36/h5-13,18-20,30H,3-4,14-17,21-22H2,1-2H3. The number of methoxy groups -OCH3 is 1. The topological polar surface area (TPSA) is 72.7 Å². The van der Waals surface area contributed by atoms with E-state index in [1.165, 1.54) is 37.1 Å². The minimum Gasteiger partial charge on any atom is -0.496 e. The number of aromatic nitrogens is 3. The van der Waals surface area contributed by atoms with Crippen LogP contribution in [0.2, 0.25) is 0 Å².